The van der Waals surface area contributed by atoms with E-state index in [0.29, 0.717) is 25.0 Å². The first-order valence-corrected chi connectivity index (χ1v) is 10.3. The molecule has 1 aromatic heterocycles. The molecule has 0 fully saturated rings. The number of nitrogens with one attached hydrogen (secondary N) is 1. The number of rotatable bonds is 4. The minimum absolute atomic E-state index is 0.0686. The Balaban J connectivity index is 1.75. The smallest absolute Gasteiger partial charge is 0.418 e. The largest absolute Gasteiger partial charge is 0.449 e. The topological polar surface area (TPSA) is 60.3 Å². The van der Waals surface area contributed by atoms with Crippen molar-refractivity contribution in [1.29, 1.82) is 0 Å². The number of carbonyl (C=O) groups is 2. The Kier molecular flexibility index (Phi) is 5.57. The second-order valence-electron chi connectivity index (χ2n) is 7.74. The normalized spacial score (nSPS) is 19.4. The molecule has 1 aromatic carbocycles. The number of benzene rings is 1. The third kappa shape index (κ3) is 3.58. The van der Waals surface area contributed by atoms with E-state index in [4.69, 9.17) is 4.74 Å². The summed E-state index contributed by atoms with van der Waals surface area (Å²) in [7, 11) is 0. The lowest BCUT2D eigenvalue weighted by Crippen LogP contribution is -2.39. The number of carbonyl (C=O) groups excluding carboxylic acids is 2. The van der Waals surface area contributed by atoms with Crippen molar-refractivity contribution >= 4 is 23.6 Å². The Labute approximate surface area is 175 Å². The van der Waals surface area contributed by atoms with Gasteiger partial charge in [-0.05, 0) is 37.6 Å². The minimum atomic E-state index is -0.414. The van der Waals surface area contributed by atoms with Crippen LogP contribution in [-0.4, -0.2) is 29.1 Å². The lowest BCUT2D eigenvalue weighted by molar-refractivity contribution is 0.0903. The highest BCUT2D eigenvalue weighted by Crippen LogP contribution is 2.39. The lowest BCUT2D eigenvalue weighted by Gasteiger charge is -2.31. The van der Waals surface area contributed by atoms with Crippen molar-refractivity contribution < 1.29 is 18.7 Å². The van der Waals surface area contributed by atoms with Gasteiger partial charge in [0.2, 0.25) is 0 Å². The summed E-state index contributed by atoms with van der Waals surface area (Å²) in [4.78, 5) is 26.1. The zero-order valence-corrected chi connectivity index (χ0v) is 17.2. The van der Waals surface area contributed by atoms with Crippen LogP contribution in [0.3, 0.4) is 0 Å². The molecule has 5 nitrogen and oxygen atoms in total. The second kappa shape index (κ2) is 8.30. The number of halogens is 1. The van der Waals surface area contributed by atoms with Crippen molar-refractivity contribution in [3.8, 4) is 0 Å². The zero-order valence-electron chi connectivity index (χ0n) is 17.2. The molecule has 2 aliphatic rings. The van der Waals surface area contributed by atoms with Crippen LogP contribution in [0.4, 0.5) is 14.9 Å². The Bertz CT molecular complexity index is 1030. The van der Waals surface area contributed by atoms with Crippen molar-refractivity contribution in [2.75, 3.05) is 11.9 Å². The van der Waals surface area contributed by atoms with Gasteiger partial charge in [0.25, 0.3) is 0 Å². The zero-order chi connectivity index (χ0) is 21.3. The van der Waals surface area contributed by atoms with Gasteiger partial charge in [0.15, 0.2) is 5.78 Å². The van der Waals surface area contributed by atoms with Crippen LogP contribution >= 0.6 is 0 Å². The number of hydrogen-bond acceptors (Lipinski definition) is 4. The van der Waals surface area contributed by atoms with E-state index in [2.05, 4.69) is 5.32 Å². The molecule has 0 saturated heterocycles. The van der Waals surface area contributed by atoms with E-state index < -0.39 is 6.09 Å². The van der Waals surface area contributed by atoms with Crippen LogP contribution in [0.15, 0.2) is 42.5 Å². The molecule has 0 radical (unpaired) electrons. The molecule has 0 saturated carbocycles. The van der Waals surface area contributed by atoms with Gasteiger partial charge in [0, 0.05) is 41.6 Å². The maximum atomic E-state index is 13.3. The summed E-state index contributed by atoms with van der Waals surface area (Å²) in [5, 5.41) is 3.46. The maximum absolute atomic E-state index is 13.3. The minimum Gasteiger partial charge on any atom is -0.449 e. The molecular weight excluding hydrogens is 383 g/mol. The third-order valence-electron chi connectivity index (χ3n) is 5.70. The van der Waals surface area contributed by atoms with Crippen LogP contribution < -0.4 is 5.32 Å². The van der Waals surface area contributed by atoms with E-state index in [1.54, 1.807) is 4.57 Å². The molecule has 2 aromatic rings. The number of Topliss-reactive ketones (excluding diaryl/α,β-unsaturated/α-hetero) is 1. The van der Waals surface area contributed by atoms with Gasteiger partial charge >= 0.3 is 6.09 Å². The van der Waals surface area contributed by atoms with Crippen LogP contribution in [0.5, 0.6) is 0 Å². The number of allylic oxidation sites excluding steroid dienone is 3. The van der Waals surface area contributed by atoms with E-state index >= 15 is 0 Å². The Morgan fingerprint density at radius 1 is 1.20 bits per heavy atom. The van der Waals surface area contributed by atoms with Crippen molar-refractivity contribution in [1.82, 2.24) is 4.57 Å². The number of nitrogens with zero attached hydrogens (tertiary/aromatic N) is 1. The molecule has 1 aliphatic heterocycles. The quantitative estimate of drug-likeness (QED) is 0.723. The van der Waals surface area contributed by atoms with E-state index in [0.717, 1.165) is 29.1 Å². The fourth-order valence-corrected chi connectivity index (χ4v) is 4.18. The molecule has 4 rings (SSSR count). The summed E-state index contributed by atoms with van der Waals surface area (Å²) < 4.78 is 20.4. The van der Waals surface area contributed by atoms with E-state index in [-0.39, 0.29) is 23.6 Å². The predicted molar refractivity (Wildman–Crippen MR) is 114 cm³/mol. The first-order valence-electron chi connectivity index (χ1n) is 10.3. The molecule has 0 amide bonds. The average Bonchev–Trinajstić information content (AvgIpc) is 2.88. The van der Waals surface area contributed by atoms with E-state index in [1.165, 1.54) is 24.3 Å². The van der Waals surface area contributed by atoms with Gasteiger partial charge in [-0.1, -0.05) is 31.2 Å². The maximum Gasteiger partial charge on any atom is 0.418 e. The molecule has 156 valence electrons. The van der Waals surface area contributed by atoms with Crippen LogP contribution in [0.2, 0.25) is 0 Å². The molecule has 1 N–H and O–H groups in total. The standard InChI is InChI=1S/C24H25FN2O3/c1-3-13-30-24(29)27-20-8-6-4-5-7-18(20)22-21(27)14-19(15(2)26-22)23(28)16-9-11-17(25)12-10-16/h4-7,9-12,15,19,26H,3,8,13-14H2,1-2H3. The summed E-state index contributed by atoms with van der Waals surface area (Å²) >= 11 is 0. The van der Waals surface area contributed by atoms with Crippen LogP contribution in [0.1, 0.15) is 47.6 Å². The number of hydrogen-bond donors (Lipinski definition) is 1. The second-order valence-corrected chi connectivity index (χ2v) is 7.74. The van der Waals surface area contributed by atoms with Crippen molar-refractivity contribution in [2.24, 2.45) is 5.92 Å². The summed E-state index contributed by atoms with van der Waals surface area (Å²) in [6, 6.07) is 5.48. The number of aromatic nitrogens is 1. The van der Waals surface area contributed by atoms with Crippen molar-refractivity contribution in [2.45, 2.75) is 39.2 Å². The van der Waals surface area contributed by atoms with Gasteiger partial charge in [0.1, 0.15) is 5.82 Å². The number of anilines is 1. The van der Waals surface area contributed by atoms with Gasteiger partial charge < -0.3 is 10.1 Å². The molecule has 6 heteroatoms. The fourth-order valence-electron chi connectivity index (χ4n) is 4.18. The Morgan fingerprint density at radius 2 is 1.97 bits per heavy atom. The SMILES string of the molecule is CCCOC(=O)n1c2c(c3c1CC(C(=O)c1ccc(F)cc1)C(C)N3)C=CC=CC2. The van der Waals surface area contributed by atoms with Gasteiger partial charge in [-0.2, -0.15) is 0 Å². The Morgan fingerprint density at radius 3 is 2.70 bits per heavy atom. The Hall–Kier alpha value is -3.15. The summed E-state index contributed by atoms with van der Waals surface area (Å²) in [5.41, 5.74) is 3.94. The van der Waals surface area contributed by atoms with Gasteiger partial charge in [-0.3, -0.25) is 9.36 Å². The molecule has 2 heterocycles. The van der Waals surface area contributed by atoms with Crippen LogP contribution in [0, 0.1) is 11.7 Å². The molecular formula is C24H25FN2O3. The van der Waals surface area contributed by atoms with Crippen LogP contribution in [0.25, 0.3) is 6.08 Å². The molecule has 30 heavy (non-hydrogen) atoms. The highest BCUT2D eigenvalue weighted by atomic mass is 19.1. The van der Waals surface area contributed by atoms with Crippen LogP contribution in [-0.2, 0) is 17.6 Å². The summed E-state index contributed by atoms with van der Waals surface area (Å²) in [6.45, 7) is 4.26. The van der Waals surface area contributed by atoms with E-state index in [9.17, 15) is 14.0 Å². The fraction of sp³-hybridized carbons (Fsp3) is 0.333. The first kappa shape index (κ1) is 20.1. The first-order chi connectivity index (χ1) is 14.5. The number of fused-ring (bicyclic) bond motifs is 3. The summed E-state index contributed by atoms with van der Waals surface area (Å²) in [5.74, 6) is -0.820. The van der Waals surface area contributed by atoms with Gasteiger partial charge in [-0.25, -0.2) is 9.18 Å². The number of ketones is 1. The molecule has 2 unspecified atom stereocenters. The van der Waals surface area contributed by atoms with Gasteiger partial charge in [-0.15, -0.1) is 0 Å². The molecule has 0 bridgehead atoms. The molecule has 2 atom stereocenters. The molecule has 1 aliphatic carbocycles. The average molecular weight is 408 g/mol. The lowest BCUT2D eigenvalue weighted by atomic mass is 9.84. The highest BCUT2D eigenvalue weighted by molar-refractivity contribution is 5.99. The van der Waals surface area contributed by atoms with E-state index in [1.807, 2.05) is 38.2 Å². The predicted octanol–water partition coefficient (Wildman–Crippen LogP) is 5.00. The van der Waals surface area contributed by atoms with Gasteiger partial charge in [0.05, 0.1) is 18.0 Å². The van der Waals surface area contributed by atoms with Crippen molar-refractivity contribution in [3.63, 3.8) is 0 Å². The van der Waals surface area contributed by atoms with Crippen molar-refractivity contribution in [3.05, 3.63) is 70.8 Å². The monoisotopic (exact) mass is 408 g/mol. The molecule has 0 spiro atoms. The number of ether oxygens (including phenoxy) is 1. The third-order valence-corrected chi connectivity index (χ3v) is 5.70. The highest BCUT2D eigenvalue weighted by Gasteiger charge is 2.37. The summed E-state index contributed by atoms with van der Waals surface area (Å²) in [6.07, 6.45) is 9.23.